The smallest absolute Gasteiger partial charge is 0.315 e. The van der Waals surface area contributed by atoms with E-state index in [2.05, 4.69) is 10.6 Å². The first-order valence-corrected chi connectivity index (χ1v) is 6.39. The number of carbonyl (C=O) groups is 2. The summed E-state index contributed by atoms with van der Waals surface area (Å²) in [6.07, 6.45) is 0. The van der Waals surface area contributed by atoms with Gasteiger partial charge in [-0.1, -0.05) is 0 Å². The molecule has 2 aliphatic rings. The van der Waals surface area contributed by atoms with E-state index in [1.807, 2.05) is 0 Å². The molecule has 18 heavy (non-hydrogen) atoms. The quantitative estimate of drug-likeness (QED) is 0.647. The molecule has 0 spiro atoms. The Hall–Kier alpha value is -1.14. The molecule has 102 valence electrons. The van der Waals surface area contributed by atoms with Gasteiger partial charge >= 0.3 is 11.9 Å². The minimum absolute atomic E-state index is 0.312. The summed E-state index contributed by atoms with van der Waals surface area (Å²) in [4.78, 5) is 24.5. The largest absolute Gasteiger partial charge is 0.465 e. The summed E-state index contributed by atoms with van der Waals surface area (Å²) in [7, 11) is 0. The van der Waals surface area contributed by atoms with Crippen molar-refractivity contribution in [3.63, 3.8) is 0 Å². The predicted molar refractivity (Wildman–Crippen MR) is 63.9 cm³/mol. The van der Waals surface area contributed by atoms with Crippen LogP contribution >= 0.6 is 0 Å². The Balaban J connectivity index is 2.32. The third-order valence-electron chi connectivity index (χ3n) is 3.96. The Kier molecular flexibility index (Phi) is 3.59. The summed E-state index contributed by atoms with van der Waals surface area (Å²) < 4.78 is 10.3. The highest BCUT2D eigenvalue weighted by Crippen LogP contribution is 2.47. The molecule has 0 bridgehead atoms. The number of carbonyl (C=O) groups excluding carboxylic acids is 2. The van der Waals surface area contributed by atoms with Gasteiger partial charge in [0.15, 0.2) is 0 Å². The van der Waals surface area contributed by atoms with Gasteiger partial charge in [0, 0.05) is 26.2 Å². The number of ether oxygens (including phenoxy) is 2. The second-order valence-corrected chi connectivity index (χ2v) is 4.81. The van der Waals surface area contributed by atoms with Crippen molar-refractivity contribution in [2.45, 2.75) is 13.8 Å². The van der Waals surface area contributed by atoms with Gasteiger partial charge in [-0.3, -0.25) is 9.59 Å². The van der Waals surface area contributed by atoms with Crippen molar-refractivity contribution in [3.05, 3.63) is 0 Å². The Labute approximate surface area is 106 Å². The molecular weight excluding hydrogens is 236 g/mol. The minimum Gasteiger partial charge on any atom is -0.465 e. The molecule has 0 atom stereocenters. The van der Waals surface area contributed by atoms with E-state index in [9.17, 15) is 9.59 Å². The Morgan fingerprint density at radius 3 is 1.50 bits per heavy atom. The summed E-state index contributed by atoms with van der Waals surface area (Å²) in [5.41, 5.74) is -1.65. The van der Waals surface area contributed by atoms with E-state index in [0.717, 1.165) is 0 Å². The second-order valence-electron chi connectivity index (χ2n) is 4.81. The topological polar surface area (TPSA) is 76.7 Å². The highest BCUT2D eigenvalue weighted by molar-refractivity contribution is 5.91. The summed E-state index contributed by atoms with van der Waals surface area (Å²) >= 11 is 0. The van der Waals surface area contributed by atoms with Crippen LogP contribution in [0.3, 0.4) is 0 Å². The molecule has 0 aromatic heterocycles. The van der Waals surface area contributed by atoms with Crippen LogP contribution in [0.4, 0.5) is 0 Å². The third-order valence-corrected chi connectivity index (χ3v) is 3.96. The third kappa shape index (κ3) is 1.63. The Bertz CT molecular complexity index is 314. The summed E-state index contributed by atoms with van der Waals surface area (Å²) in [6.45, 7) is 6.00. The van der Waals surface area contributed by atoms with Crippen molar-refractivity contribution in [2.75, 3.05) is 39.4 Å². The van der Waals surface area contributed by atoms with Gasteiger partial charge < -0.3 is 20.1 Å². The second kappa shape index (κ2) is 4.85. The van der Waals surface area contributed by atoms with Crippen molar-refractivity contribution in [2.24, 2.45) is 10.8 Å². The zero-order valence-corrected chi connectivity index (χ0v) is 10.9. The minimum atomic E-state index is -0.824. The Morgan fingerprint density at radius 1 is 0.889 bits per heavy atom. The lowest BCUT2D eigenvalue weighted by atomic mass is 9.68. The molecule has 0 aromatic carbocycles. The van der Waals surface area contributed by atoms with Crippen LogP contribution in [-0.2, 0) is 19.1 Å². The highest BCUT2D eigenvalue weighted by Gasteiger charge is 2.68. The number of nitrogens with one attached hydrogen (secondary N) is 2. The van der Waals surface area contributed by atoms with E-state index in [1.54, 1.807) is 13.8 Å². The van der Waals surface area contributed by atoms with Gasteiger partial charge in [0.2, 0.25) is 0 Å². The van der Waals surface area contributed by atoms with E-state index < -0.39 is 10.8 Å². The molecule has 0 amide bonds. The molecule has 0 saturated carbocycles. The molecule has 0 radical (unpaired) electrons. The van der Waals surface area contributed by atoms with Crippen LogP contribution in [0.2, 0.25) is 0 Å². The van der Waals surface area contributed by atoms with Crippen molar-refractivity contribution in [3.8, 4) is 0 Å². The van der Waals surface area contributed by atoms with Crippen LogP contribution in [0.25, 0.3) is 0 Å². The van der Waals surface area contributed by atoms with Gasteiger partial charge in [-0.15, -0.1) is 0 Å². The van der Waals surface area contributed by atoms with Gasteiger partial charge in [0.1, 0.15) is 10.8 Å². The zero-order chi connectivity index (χ0) is 13.2. The number of fused-ring (bicyclic) bond motifs is 1. The van der Waals surface area contributed by atoms with Crippen molar-refractivity contribution in [1.82, 2.24) is 10.6 Å². The number of esters is 2. The molecule has 0 aliphatic carbocycles. The van der Waals surface area contributed by atoms with Gasteiger partial charge in [-0.05, 0) is 13.8 Å². The van der Waals surface area contributed by atoms with Crippen molar-refractivity contribution >= 4 is 11.9 Å². The van der Waals surface area contributed by atoms with Crippen molar-refractivity contribution < 1.29 is 19.1 Å². The average molecular weight is 256 g/mol. The molecular formula is C12H20N2O4. The van der Waals surface area contributed by atoms with E-state index in [1.165, 1.54) is 0 Å². The molecule has 2 heterocycles. The highest BCUT2D eigenvalue weighted by atomic mass is 16.5. The predicted octanol–water partition coefficient (Wildman–Crippen LogP) is -0.708. The van der Waals surface area contributed by atoms with Crippen LogP contribution in [0.1, 0.15) is 13.8 Å². The standard InChI is InChI=1S/C12H20N2O4/c1-3-17-9(15)11-5-13-7-12(11,8-14-6-11)10(16)18-4-2/h13-14H,3-8H2,1-2H3. The SMILES string of the molecule is CCOC(=O)C12CNCC1(C(=O)OCC)CNC2. The van der Waals surface area contributed by atoms with E-state index in [0.29, 0.717) is 39.4 Å². The van der Waals surface area contributed by atoms with Gasteiger partial charge in [-0.25, -0.2) is 0 Å². The lowest BCUT2D eigenvalue weighted by Gasteiger charge is -2.33. The summed E-state index contributed by atoms with van der Waals surface area (Å²) in [5.74, 6) is -0.624. The van der Waals surface area contributed by atoms with E-state index in [-0.39, 0.29) is 11.9 Å². The van der Waals surface area contributed by atoms with Gasteiger partial charge in [0.25, 0.3) is 0 Å². The fourth-order valence-corrected chi connectivity index (χ4v) is 3.00. The normalized spacial score (nSPS) is 34.1. The Morgan fingerprint density at radius 2 is 1.22 bits per heavy atom. The fourth-order valence-electron chi connectivity index (χ4n) is 3.00. The number of hydrogen-bond donors (Lipinski definition) is 2. The lowest BCUT2D eigenvalue weighted by Crippen LogP contribution is -2.52. The molecule has 2 rings (SSSR count). The molecule has 6 nitrogen and oxygen atoms in total. The first-order valence-electron chi connectivity index (χ1n) is 6.39. The average Bonchev–Trinajstić information content (AvgIpc) is 2.85. The molecule has 0 aromatic rings. The summed E-state index contributed by atoms with van der Waals surface area (Å²) in [5, 5.41) is 6.29. The number of hydrogen-bond acceptors (Lipinski definition) is 6. The first kappa shape index (κ1) is 13.3. The molecule has 2 saturated heterocycles. The van der Waals surface area contributed by atoms with Crippen LogP contribution in [-0.4, -0.2) is 51.3 Å². The molecule has 2 N–H and O–H groups in total. The van der Waals surface area contributed by atoms with E-state index >= 15 is 0 Å². The maximum absolute atomic E-state index is 12.3. The summed E-state index contributed by atoms with van der Waals surface area (Å²) in [6, 6.07) is 0. The van der Waals surface area contributed by atoms with Gasteiger partial charge in [0.05, 0.1) is 13.2 Å². The first-order chi connectivity index (χ1) is 8.63. The van der Waals surface area contributed by atoms with Crippen LogP contribution in [0, 0.1) is 10.8 Å². The monoisotopic (exact) mass is 256 g/mol. The maximum atomic E-state index is 12.3. The molecule has 0 unspecified atom stereocenters. The molecule has 6 heteroatoms. The fraction of sp³-hybridized carbons (Fsp3) is 0.833. The van der Waals surface area contributed by atoms with Crippen molar-refractivity contribution in [1.29, 1.82) is 0 Å². The molecule has 2 aliphatic heterocycles. The van der Waals surface area contributed by atoms with E-state index in [4.69, 9.17) is 9.47 Å². The lowest BCUT2D eigenvalue weighted by molar-refractivity contribution is -0.171. The number of rotatable bonds is 4. The maximum Gasteiger partial charge on any atom is 0.315 e. The van der Waals surface area contributed by atoms with Gasteiger partial charge in [-0.2, -0.15) is 0 Å². The van der Waals surface area contributed by atoms with Crippen LogP contribution < -0.4 is 10.6 Å². The zero-order valence-electron chi connectivity index (χ0n) is 10.9. The van der Waals surface area contributed by atoms with Crippen LogP contribution in [0.15, 0.2) is 0 Å². The van der Waals surface area contributed by atoms with Crippen LogP contribution in [0.5, 0.6) is 0 Å². The molecule has 2 fully saturated rings.